The first kappa shape index (κ1) is 15.1. The zero-order valence-corrected chi connectivity index (χ0v) is 12.5. The number of hydrogen-bond acceptors (Lipinski definition) is 5. The van der Waals surface area contributed by atoms with Gasteiger partial charge in [-0.3, -0.25) is 4.98 Å². The number of aromatic nitrogens is 2. The van der Waals surface area contributed by atoms with Crippen molar-refractivity contribution in [1.82, 2.24) is 10.1 Å². The van der Waals surface area contributed by atoms with Crippen molar-refractivity contribution in [2.75, 3.05) is 0 Å². The molecule has 3 aromatic rings. The van der Waals surface area contributed by atoms with Crippen LogP contribution in [-0.2, 0) is 6.61 Å². The molecule has 7 heteroatoms. The van der Waals surface area contributed by atoms with Gasteiger partial charge in [0.2, 0.25) is 5.76 Å². The van der Waals surface area contributed by atoms with Gasteiger partial charge in [-0.15, -0.1) is 0 Å². The molecule has 0 fully saturated rings. The molecule has 0 saturated carbocycles. The molecule has 0 amide bonds. The lowest BCUT2D eigenvalue weighted by Crippen LogP contribution is -1.96. The fraction of sp³-hybridized carbons (Fsp3) is 0.0625. The molecule has 2 aromatic heterocycles. The number of carboxylic acid groups (broad SMARTS) is 1. The molecule has 0 aliphatic heterocycles. The average Bonchev–Trinajstić information content (AvgIpc) is 3.05. The molecule has 1 N–H and O–H groups in total. The van der Waals surface area contributed by atoms with E-state index in [4.69, 9.17) is 26.0 Å². The Morgan fingerprint density at radius 1 is 1.22 bits per heavy atom. The minimum atomic E-state index is -1.18. The standard InChI is InChI=1S/C16H11ClN2O4/c17-12-4-2-1-3-10(12)9-22-11-5-6-13(18-8-11)14-7-15(16(20)21)23-19-14/h1-8H,9H2,(H,20,21). The smallest absolute Gasteiger partial charge is 0.374 e. The van der Waals surface area contributed by atoms with E-state index in [1.54, 1.807) is 18.2 Å². The molecule has 23 heavy (non-hydrogen) atoms. The van der Waals surface area contributed by atoms with Crippen LogP contribution >= 0.6 is 11.6 Å². The van der Waals surface area contributed by atoms with E-state index in [2.05, 4.69) is 10.1 Å². The number of ether oxygens (including phenoxy) is 1. The van der Waals surface area contributed by atoms with Crippen LogP contribution in [0.4, 0.5) is 0 Å². The fourth-order valence-corrected chi connectivity index (χ4v) is 2.08. The van der Waals surface area contributed by atoms with E-state index in [1.807, 2.05) is 18.2 Å². The minimum absolute atomic E-state index is 0.235. The summed E-state index contributed by atoms with van der Waals surface area (Å²) in [6.45, 7) is 0.327. The van der Waals surface area contributed by atoms with Gasteiger partial charge in [-0.05, 0) is 18.2 Å². The van der Waals surface area contributed by atoms with Crippen LogP contribution in [0.25, 0.3) is 11.4 Å². The molecule has 0 aliphatic carbocycles. The van der Waals surface area contributed by atoms with Gasteiger partial charge in [0.1, 0.15) is 18.1 Å². The largest absolute Gasteiger partial charge is 0.487 e. The first-order chi connectivity index (χ1) is 11.1. The van der Waals surface area contributed by atoms with Gasteiger partial charge < -0.3 is 14.4 Å². The zero-order valence-electron chi connectivity index (χ0n) is 11.8. The predicted molar refractivity (Wildman–Crippen MR) is 82.5 cm³/mol. The number of halogens is 1. The molecular formula is C16H11ClN2O4. The zero-order chi connectivity index (χ0) is 16.2. The molecule has 0 bridgehead atoms. The summed E-state index contributed by atoms with van der Waals surface area (Å²) in [6, 6.07) is 12.1. The Hall–Kier alpha value is -2.86. The Kier molecular flexibility index (Phi) is 4.25. The summed E-state index contributed by atoms with van der Waals surface area (Å²) < 4.78 is 10.3. The monoisotopic (exact) mass is 330 g/mol. The van der Waals surface area contributed by atoms with E-state index in [0.717, 1.165) is 5.56 Å². The maximum absolute atomic E-state index is 10.8. The number of hydrogen-bond donors (Lipinski definition) is 1. The van der Waals surface area contributed by atoms with Crippen LogP contribution in [0.15, 0.2) is 53.2 Å². The summed E-state index contributed by atoms with van der Waals surface area (Å²) in [4.78, 5) is 14.9. The van der Waals surface area contributed by atoms with Gasteiger partial charge in [0.05, 0.1) is 11.9 Å². The normalized spacial score (nSPS) is 10.5. The lowest BCUT2D eigenvalue weighted by molar-refractivity contribution is 0.0652. The third-order valence-electron chi connectivity index (χ3n) is 3.07. The van der Waals surface area contributed by atoms with Gasteiger partial charge >= 0.3 is 5.97 Å². The molecule has 0 unspecified atom stereocenters. The van der Waals surface area contributed by atoms with Crippen molar-refractivity contribution < 1.29 is 19.2 Å². The summed E-state index contributed by atoms with van der Waals surface area (Å²) in [5.41, 5.74) is 1.72. The van der Waals surface area contributed by atoms with Crippen molar-refractivity contribution in [3.05, 3.63) is 65.0 Å². The van der Waals surface area contributed by atoms with Gasteiger partial charge in [0.15, 0.2) is 0 Å². The van der Waals surface area contributed by atoms with E-state index in [-0.39, 0.29) is 5.76 Å². The van der Waals surface area contributed by atoms with Crippen molar-refractivity contribution in [3.8, 4) is 17.1 Å². The van der Waals surface area contributed by atoms with Gasteiger partial charge in [-0.2, -0.15) is 0 Å². The van der Waals surface area contributed by atoms with Crippen LogP contribution in [-0.4, -0.2) is 21.2 Å². The van der Waals surface area contributed by atoms with E-state index in [9.17, 15) is 4.79 Å². The predicted octanol–water partition coefficient (Wildman–Crippen LogP) is 3.67. The highest BCUT2D eigenvalue weighted by Gasteiger charge is 2.13. The topological polar surface area (TPSA) is 85.5 Å². The Bertz CT molecular complexity index is 830. The third kappa shape index (κ3) is 3.49. The molecule has 1 aromatic carbocycles. The number of carbonyl (C=O) groups is 1. The molecular weight excluding hydrogens is 320 g/mol. The lowest BCUT2D eigenvalue weighted by atomic mass is 10.2. The van der Waals surface area contributed by atoms with Crippen molar-refractivity contribution in [2.45, 2.75) is 6.61 Å². The summed E-state index contributed by atoms with van der Waals surface area (Å²) in [6.07, 6.45) is 1.53. The van der Waals surface area contributed by atoms with Crippen molar-refractivity contribution >= 4 is 17.6 Å². The molecule has 3 rings (SSSR count). The number of benzene rings is 1. The van der Waals surface area contributed by atoms with Crippen molar-refractivity contribution in [3.63, 3.8) is 0 Å². The highest BCUT2D eigenvalue weighted by atomic mass is 35.5. The second kappa shape index (κ2) is 6.50. The SMILES string of the molecule is O=C(O)c1cc(-c2ccc(OCc3ccccc3Cl)cn2)no1. The molecule has 0 atom stereocenters. The summed E-state index contributed by atoms with van der Waals surface area (Å²) >= 11 is 6.06. The summed E-state index contributed by atoms with van der Waals surface area (Å²) in [7, 11) is 0. The van der Waals surface area contributed by atoms with Gasteiger partial charge in [0.25, 0.3) is 0 Å². The van der Waals surface area contributed by atoms with Gasteiger partial charge in [-0.1, -0.05) is 35.0 Å². The highest BCUT2D eigenvalue weighted by Crippen LogP contribution is 2.21. The van der Waals surface area contributed by atoms with Gasteiger partial charge in [0, 0.05) is 16.7 Å². The van der Waals surface area contributed by atoms with E-state index in [1.165, 1.54) is 12.3 Å². The second-order valence-corrected chi connectivity index (χ2v) is 5.05. The van der Waals surface area contributed by atoms with Crippen LogP contribution in [0.5, 0.6) is 5.75 Å². The lowest BCUT2D eigenvalue weighted by Gasteiger charge is -2.07. The van der Waals surface area contributed by atoms with E-state index >= 15 is 0 Å². The Labute approximate surface area is 136 Å². The number of rotatable bonds is 5. The van der Waals surface area contributed by atoms with Crippen molar-refractivity contribution in [1.29, 1.82) is 0 Å². The molecule has 6 nitrogen and oxygen atoms in total. The molecule has 2 heterocycles. The van der Waals surface area contributed by atoms with Crippen LogP contribution in [0.3, 0.4) is 0 Å². The van der Waals surface area contributed by atoms with Crippen molar-refractivity contribution in [2.24, 2.45) is 0 Å². The maximum Gasteiger partial charge on any atom is 0.374 e. The Morgan fingerprint density at radius 2 is 2.04 bits per heavy atom. The molecule has 0 spiro atoms. The number of carboxylic acids is 1. The van der Waals surface area contributed by atoms with Crippen LogP contribution in [0.1, 0.15) is 16.1 Å². The Morgan fingerprint density at radius 3 is 2.70 bits per heavy atom. The molecule has 116 valence electrons. The molecule has 0 aliphatic rings. The number of pyridine rings is 1. The molecule has 0 radical (unpaired) electrons. The van der Waals surface area contributed by atoms with Crippen LogP contribution < -0.4 is 4.74 Å². The summed E-state index contributed by atoms with van der Waals surface area (Å²) in [5, 5.41) is 13.1. The minimum Gasteiger partial charge on any atom is -0.487 e. The third-order valence-corrected chi connectivity index (χ3v) is 3.44. The quantitative estimate of drug-likeness (QED) is 0.768. The number of nitrogens with zero attached hydrogens (tertiary/aromatic N) is 2. The number of aromatic carboxylic acids is 1. The van der Waals surface area contributed by atoms with Crippen LogP contribution in [0, 0.1) is 0 Å². The van der Waals surface area contributed by atoms with E-state index < -0.39 is 5.97 Å². The fourth-order valence-electron chi connectivity index (χ4n) is 1.89. The van der Waals surface area contributed by atoms with E-state index in [0.29, 0.717) is 28.8 Å². The second-order valence-electron chi connectivity index (χ2n) is 4.64. The van der Waals surface area contributed by atoms with Crippen LogP contribution in [0.2, 0.25) is 5.02 Å². The first-order valence-corrected chi connectivity index (χ1v) is 7.04. The average molecular weight is 331 g/mol. The maximum atomic E-state index is 10.8. The summed E-state index contributed by atoms with van der Waals surface area (Å²) in [5.74, 6) is -0.847. The first-order valence-electron chi connectivity index (χ1n) is 6.66. The highest BCUT2D eigenvalue weighted by molar-refractivity contribution is 6.31. The molecule has 0 saturated heterocycles. The van der Waals surface area contributed by atoms with Gasteiger partial charge in [-0.25, -0.2) is 4.79 Å². The Balaban J connectivity index is 1.69.